The average molecular weight is 399 g/mol. The van der Waals surface area contributed by atoms with E-state index in [1.807, 2.05) is 18.2 Å². The molecular weight excluding hydrogens is 372 g/mol. The molecule has 3 aromatic rings. The van der Waals surface area contributed by atoms with Crippen LogP contribution in [0.25, 0.3) is 21.3 Å². The molecule has 0 atom stereocenters. The van der Waals surface area contributed by atoms with Crippen molar-refractivity contribution in [2.75, 3.05) is 32.1 Å². The van der Waals surface area contributed by atoms with Crippen LogP contribution < -0.4 is 10.6 Å². The number of thiophene rings is 1. The number of anilines is 1. The van der Waals surface area contributed by atoms with E-state index in [0.717, 1.165) is 28.9 Å². The molecule has 0 saturated carbocycles. The summed E-state index contributed by atoms with van der Waals surface area (Å²) >= 11 is 1.68. The summed E-state index contributed by atoms with van der Waals surface area (Å²) in [6.07, 6.45) is 3.66. The number of benzene rings is 1. The van der Waals surface area contributed by atoms with Crippen molar-refractivity contribution in [2.24, 2.45) is 0 Å². The highest BCUT2D eigenvalue weighted by molar-refractivity contribution is 7.19. The average Bonchev–Trinajstić information content (AvgIpc) is 3.05. The van der Waals surface area contributed by atoms with Crippen LogP contribution in [0.2, 0.25) is 0 Å². The molecule has 2 N–H and O–H groups in total. The maximum atomic E-state index is 11.9. The van der Waals surface area contributed by atoms with Crippen LogP contribution in [0.3, 0.4) is 0 Å². The minimum absolute atomic E-state index is 0.0714. The number of aryl methyl sites for hydroxylation is 1. The molecule has 148 valence electrons. The molecule has 0 unspecified atom stereocenters. The van der Waals surface area contributed by atoms with Gasteiger partial charge in [0.15, 0.2) is 0 Å². The first-order chi connectivity index (χ1) is 13.7. The van der Waals surface area contributed by atoms with E-state index in [4.69, 9.17) is 4.74 Å². The van der Waals surface area contributed by atoms with Crippen LogP contribution in [0, 0.1) is 6.92 Å². The number of nitrogens with one attached hydrogen (secondary N) is 2. The van der Waals surface area contributed by atoms with Crippen molar-refractivity contribution < 1.29 is 9.53 Å². The molecule has 7 heteroatoms. The Hall–Kier alpha value is -2.51. The summed E-state index contributed by atoms with van der Waals surface area (Å²) < 4.78 is 4.98. The topological polar surface area (TPSA) is 76.1 Å². The minimum atomic E-state index is 0.0714. The standard InChI is InChI=1S/C21H26N4O2S/c1-15-18(16-8-4-3-5-9-16)19-20(24-14-25-21(19)28-15)23-11-6-10-17(26)22-12-7-13-27-2/h3-5,8-9,14H,6-7,10-13H2,1-2H3,(H,22,26)(H,23,24,25). The smallest absolute Gasteiger partial charge is 0.220 e. The number of nitrogens with zero attached hydrogens (tertiary/aromatic N) is 2. The lowest BCUT2D eigenvalue weighted by molar-refractivity contribution is -0.121. The van der Waals surface area contributed by atoms with Crippen molar-refractivity contribution in [1.29, 1.82) is 0 Å². The zero-order valence-electron chi connectivity index (χ0n) is 16.3. The molecule has 3 rings (SSSR count). The SMILES string of the molecule is COCCCNC(=O)CCCNc1ncnc2sc(C)c(-c3ccccc3)c12. The Labute approximate surface area is 169 Å². The van der Waals surface area contributed by atoms with E-state index in [-0.39, 0.29) is 5.91 Å². The van der Waals surface area contributed by atoms with Crippen LogP contribution in [0.5, 0.6) is 0 Å². The predicted octanol–water partition coefficient (Wildman–Crippen LogP) is 4.01. The van der Waals surface area contributed by atoms with Crippen molar-refractivity contribution in [3.05, 3.63) is 41.5 Å². The summed E-state index contributed by atoms with van der Waals surface area (Å²) in [6.45, 7) is 4.11. The van der Waals surface area contributed by atoms with E-state index in [1.54, 1.807) is 24.8 Å². The molecule has 0 bridgehead atoms. The van der Waals surface area contributed by atoms with Gasteiger partial charge in [0.1, 0.15) is 17.0 Å². The van der Waals surface area contributed by atoms with E-state index in [9.17, 15) is 4.79 Å². The third-order valence-corrected chi connectivity index (χ3v) is 5.46. The lowest BCUT2D eigenvalue weighted by Crippen LogP contribution is -2.25. The van der Waals surface area contributed by atoms with Crippen LogP contribution in [0.1, 0.15) is 24.1 Å². The number of aromatic nitrogens is 2. The van der Waals surface area contributed by atoms with Crippen LogP contribution in [0.4, 0.5) is 5.82 Å². The van der Waals surface area contributed by atoms with Gasteiger partial charge in [-0.25, -0.2) is 9.97 Å². The molecule has 1 aromatic carbocycles. The molecule has 0 aliphatic carbocycles. The Morgan fingerprint density at radius 2 is 1.96 bits per heavy atom. The first-order valence-corrected chi connectivity index (χ1v) is 10.3. The molecule has 2 heterocycles. The largest absolute Gasteiger partial charge is 0.385 e. The van der Waals surface area contributed by atoms with Gasteiger partial charge in [-0.1, -0.05) is 30.3 Å². The molecule has 0 spiro atoms. The van der Waals surface area contributed by atoms with Gasteiger partial charge < -0.3 is 15.4 Å². The third-order valence-electron chi connectivity index (χ3n) is 4.45. The van der Waals surface area contributed by atoms with Crippen molar-refractivity contribution in [2.45, 2.75) is 26.2 Å². The zero-order valence-corrected chi connectivity index (χ0v) is 17.1. The second kappa shape index (κ2) is 10.1. The maximum Gasteiger partial charge on any atom is 0.220 e. The van der Waals surface area contributed by atoms with Crippen molar-refractivity contribution in [1.82, 2.24) is 15.3 Å². The normalized spacial score (nSPS) is 10.9. The number of carbonyl (C=O) groups excluding carboxylic acids is 1. The summed E-state index contributed by atoms with van der Waals surface area (Å²) in [5, 5.41) is 7.36. The fraction of sp³-hybridized carbons (Fsp3) is 0.381. The Balaban J connectivity index is 1.63. The summed E-state index contributed by atoms with van der Waals surface area (Å²) in [7, 11) is 1.66. The fourth-order valence-electron chi connectivity index (χ4n) is 3.12. The molecule has 0 aliphatic rings. The van der Waals surface area contributed by atoms with Gasteiger partial charge in [-0.05, 0) is 25.3 Å². The second-order valence-corrected chi connectivity index (χ2v) is 7.73. The lowest BCUT2D eigenvalue weighted by atomic mass is 10.0. The lowest BCUT2D eigenvalue weighted by Gasteiger charge is -2.09. The Bertz CT molecular complexity index is 911. The molecule has 28 heavy (non-hydrogen) atoms. The van der Waals surface area contributed by atoms with Gasteiger partial charge in [-0.3, -0.25) is 4.79 Å². The summed E-state index contributed by atoms with van der Waals surface area (Å²) in [5.74, 6) is 0.899. The molecule has 2 aromatic heterocycles. The van der Waals surface area contributed by atoms with Gasteiger partial charge in [0.05, 0.1) is 5.39 Å². The van der Waals surface area contributed by atoms with E-state index >= 15 is 0 Å². The number of amides is 1. The highest BCUT2D eigenvalue weighted by atomic mass is 32.1. The van der Waals surface area contributed by atoms with Gasteiger partial charge in [-0.2, -0.15) is 0 Å². The Morgan fingerprint density at radius 3 is 2.75 bits per heavy atom. The molecule has 0 saturated heterocycles. The molecule has 6 nitrogen and oxygen atoms in total. The van der Waals surface area contributed by atoms with E-state index in [2.05, 4.69) is 39.7 Å². The molecule has 0 radical (unpaired) electrons. The quantitative estimate of drug-likeness (QED) is 0.505. The first kappa shape index (κ1) is 20.2. The fourth-order valence-corrected chi connectivity index (χ4v) is 4.13. The van der Waals surface area contributed by atoms with Gasteiger partial charge in [0, 0.05) is 43.7 Å². The number of carbonyl (C=O) groups is 1. The third kappa shape index (κ3) is 5.05. The highest BCUT2D eigenvalue weighted by Gasteiger charge is 2.16. The Kier molecular flexibility index (Phi) is 7.33. The van der Waals surface area contributed by atoms with Crippen LogP contribution in [0.15, 0.2) is 36.7 Å². The van der Waals surface area contributed by atoms with E-state index in [1.165, 1.54) is 16.0 Å². The number of methoxy groups -OCH3 is 1. The predicted molar refractivity (Wildman–Crippen MR) is 115 cm³/mol. The van der Waals surface area contributed by atoms with Crippen molar-refractivity contribution in [3.8, 4) is 11.1 Å². The number of fused-ring (bicyclic) bond motifs is 1. The summed E-state index contributed by atoms with van der Waals surface area (Å²) in [5.41, 5.74) is 2.35. The van der Waals surface area contributed by atoms with Gasteiger partial charge in [0.25, 0.3) is 0 Å². The minimum Gasteiger partial charge on any atom is -0.385 e. The van der Waals surface area contributed by atoms with Crippen LogP contribution >= 0.6 is 11.3 Å². The molecule has 0 fully saturated rings. The Morgan fingerprint density at radius 1 is 1.14 bits per heavy atom. The molecule has 1 amide bonds. The summed E-state index contributed by atoms with van der Waals surface area (Å²) in [6, 6.07) is 10.3. The van der Waals surface area contributed by atoms with E-state index in [0.29, 0.717) is 26.1 Å². The number of hydrogen-bond donors (Lipinski definition) is 2. The first-order valence-electron chi connectivity index (χ1n) is 9.49. The molecular formula is C21H26N4O2S. The van der Waals surface area contributed by atoms with Crippen LogP contribution in [-0.2, 0) is 9.53 Å². The van der Waals surface area contributed by atoms with Crippen molar-refractivity contribution in [3.63, 3.8) is 0 Å². The van der Waals surface area contributed by atoms with Gasteiger partial charge >= 0.3 is 0 Å². The monoisotopic (exact) mass is 398 g/mol. The number of hydrogen-bond acceptors (Lipinski definition) is 6. The van der Waals surface area contributed by atoms with Crippen LogP contribution in [-0.4, -0.2) is 42.7 Å². The number of ether oxygens (including phenoxy) is 1. The number of rotatable bonds is 10. The molecule has 0 aliphatic heterocycles. The summed E-state index contributed by atoms with van der Waals surface area (Å²) in [4.78, 5) is 23.0. The van der Waals surface area contributed by atoms with Crippen molar-refractivity contribution >= 4 is 33.3 Å². The zero-order chi connectivity index (χ0) is 19.8. The highest BCUT2D eigenvalue weighted by Crippen LogP contribution is 2.40. The second-order valence-electron chi connectivity index (χ2n) is 6.53. The maximum absolute atomic E-state index is 11.9. The van der Waals surface area contributed by atoms with Gasteiger partial charge in [0.2, 0.25) is 5.91 Å². The van der Waals surface area contributed by atoms with Gasteiger partial charge in [-0.15, -0.1) is 11.3 Å². The van der Waals surface area contributed by atoms with E-state index < -0.39 is 0 Å².